The molecular formula is C28H32N6O3. The Morgan fingerprint density at radius 1 is 1.16 bits per heavy atom. The molecule has 9 heteroatoms. The van der Waals surface area contributed by atoms with Crippen LogP contribution in [0.25, 0.3) is 27.8 Å². The van der Waals surface area contributed by atoms with Gasteiger partial charge in [0.2, 0.25) is 0 Å². The quantitative estimate of drug-likeness (QED) is 0.391. The number of rotatable bonds is 2. The first kappa shape index (κ1) is 23.6. The lowest BCUT2D eigenvalue weighted by atomic mass is 9.95. The van der Waals surface area contributed by atoms with Gasteiger partial charge in [0.05, 0.1) is 34.8 Å². The maximum Gasteiger partial charge on any atom is 0.410 e. The summed E-state index contributed by atoms with van der Waals surface area (Å²) in [4.78, 5) is 37.4. The summed E-state index contributed by atoms with van der Waals surface area (Å²) in [5.41, 5.74) is 4.36. The van der Waals surface area contributed by atoms with Crippen molar-refractivity contribution in [2.75, 3.05) is 6.54 Å². The molecule has 37 heavy (non-hydrogen) atoms. The predicted molar refractivity (Wildman–Crippen MR) is 141 cm³/mol. The van der Waals surface area contributed by atoms with E-state index in [1.807, 2.05) is 70.0 Å². The Bertz CT molecular complexity index is 1610. The number of amides is 1. The van der Waals surface area contributed by atoms with E-state index in [1.165, 1.54) is 0 Å². The van der Waals surface area contributed by atoms with E-state index in [2.05, 4.69) is 9.97 Å². The number of piperidine rings is 1. The zero-order valence-corrected chi connectivity index (χ0v) is 22.0. The number of imidazole rings is 1. The van der Waals surface area contributed by atoms with E-state index < -0.39 is 5.60 Å². The molecule has 1 aliphatic carbocycles. The number of carbonyl (C=O) groups excluding carboxylic acids is 1. The smallest absolute Gasteiger partial charge is 0.410 e. The first-order valence-corrected chi connectivity index (χ1v) is 12.9. The number of aromatic nitrogens is 5. The van der Waals surface area contributed by atoms with E-state index in [-0.39, 0.29) is 23.2 Å². The first-order chi connectivity index (χ1) is 17.5. The highest BCUT2D eigenvalue weighted by Gasteiger charge is 2.54. The molecule has 1 spiro atoms. The van der Waals surface area contributed by atoms with Crippen molar-refractivity contribution in [1.82, 2.24) is 29.0 Å². The number of nitrogens with zero attached hydrogens (tertiary/aromatic N) is 6. The largest absolute Gasteiger partial charge is 0.444 e. The number of likely N-dealkylation sites (tertiary alicyclic amines) is 1. The topological polar surface area (TPSA) is 94.6 Å². The van der Waals surface area contributed by atoms with Crippen LogP contribution in [-0.2, 0) is 4.74 Å². The van der Waals surface area contributed by atoms with Crippen molar-refractivity contribution in [3.8, 4) is 11.3 Å². The van der Waals surface area contributed by atoms with Crippen LogP contribution in [0.2, 0.25) is 0 Å². The Kier molecular flexibility index (Phi) is 5.19. The van der Waals surface area contributed by atoms with Gasteiger partial charge in [0.25, 0.3) is 5.56 Å². The molecule has 1 saturated carbocycles. The molecule has 1 atom stereocenters. The highest BCUT2D eigenvalue weighted by atomic mass is 16.6. The number of hydrogen-bond donors (Lipinski definition) is 0. The molecule has 1 amide bonds. The van der Waals surface area contributed by atoms with E-state index in [4.69, 9.17) is 9.84 Å². The highest BCUT2D eigenvalue weighted by Crippen LogP contribution is 2.51. The van der Waals surface area contributed by atoms with Crippen LogP contribution in [-0.4, -0.2) is 52.8 Å². The fraction of sp³-hybridized carbons (Fsp3) is 0.464. The minimum Gasteiger partial charge on any atom is -0.444 e. The fourth-order valence-electron chi connectivity index (χ4n) is 5.56. The van der Waals surface area contributed by atoms with E-state index in [0.29, 0.717) is 23.9 Å². The third-order valence-corrected chi connectivity index (χ3v) is 7.52. The zero-order chi connectivity index (χ0) is 26.1. The number of aryl methyl sites for hydroxylation is 2. The fourth-order valence-corrected chi connectivity index (χ4v) is 5.56. The molecule has 2 fully saturated rings. The summed E-state index contributed by atoms with van der Waals surface area (Å²) in [5, 5.41) is 5.30. The molecule has 0 bridgehead atoms. The minimum absolute atomic E-state index is 0.00136. The van der Waals surface area contributed by atoms with Crippen LogP contribution < -0.4 is 5.56 Å². The van der Waals surface area contributed by atoms with Crippen LogP contribution in [0.5, 0.6) is 0 Å². The van der Waals surface area contributed by atoms with Crippen molar-refractivity contribution >= 4 is 22.6 Å². The average Bonchev–Trinajstić information content (AvgIpc) is 3.47. The number of carbonyl (C=O) groups is 1. The Morgan fingerprint density at radius 3 is 2.68 bits per heavy atom. The maximum atomic E-state index is 13.5. The van der Waals surface area contributed by atoms with Crippen LogP contribution in [0.3, 0.4) is 0 Å². The molecule has 9 nitrogen and oxygen atoms in total. The molecule has 4 heterocycles. The molecule has 2 aliphatic rings. The second-order valence-corrected chi connectivity index (χ2v) is 11.6. The number of ether oxygens (including phenoxy) is 1. The van der Waals surface area contributed by atoms with E-state index in [9.17, 15) is 9.59 Å². The summed E-state index contributed by atoms with van der Waals surface area (Å²) in [7, 11) is 0. The molecule has 1 unspecified atom stereocenters. The molecule has 0 radical (unpaired) electrons. The van der Waals surface area contributed by atoms with Crippen molar-refractivity contribution < 1.29 is 9.53 Å². The second kappa shape index (κ2) is 8.13. The monoisotopic (exact) mass is 500 g/mol. The molecule has 1 aromatic carbocycles. The van der Waals surface area contributed by atoms with E-state index in [1.54, 1.807) is 15.4 Å². The van der Waals surface area contributed by atoms with Crippen molar-refractivity contribution in [2.24, 2.45) is 0 Å². The van der Waals surface area contributed by atoms with E-state index >= 15 is 0 Å². The molecule has 0 N–H and O–H groups in total. The van der Waals surface area contributed by atoms with E-state index in [0.717, 1.165) is 47.4 Å². The van der Waals surface area contributed by atoms with Gasteiger partial charge in [0, 0.05) is 23.7 Å². The van der Waals surface area contributed by atoms with Gasteiger partial charge in [-0.05, 0) is 84.1 Å². The Morgan fingerprint density at radius 2 is 1.95 bits per heavy atom. The van der Waals surface area contributed by atoms with Crippen molar-refractivity contribution in [3.05, 3.63) is 58.4 Å². The van der Waals surface area contributed by atoms with Gasteiger partial charge in [-0.25, -0.2) is 19.3 Å². The Labute approximate surface area is 215 Å². The average molecular weight is 501 g/mol. The summed E-state index contributed by atoms with van der Waals surface area (Å²) in [6.45, 7) is 10.2. The molecular weight excluding hydrogens is 468 g/mol. The van der Waals surface area contributed by atoms with Gasteiger partial charge in [-0.1, -0.05) is 6.07 Å². The van der Waals surface area contributed by atoms with Crippen molar-refractivity contribution in [2.45, 2.75) is 77.5 Å². The highest BCUT2D eigenvalue weighted by molar-refractivity contribution is 5.83. The predicted octanol–water partition coefficient (Wildman–Crippen LogP) is 4.83. The van der Waals surface area contributed by atoms with Crippen LogP contribution >= 0.6 is 0 Å². The van der Waals surface area contributed by atoms with Crippen LogP contribution in [0.4, 0.5) is 4.79 Å². The molecule has 4 aromatic rings. The third-order valence-electron chi connectivity index (χ3n) is 7.52. The first-order valence-electron chi connectivity index (χ1n) is 12.9. The van der Waals surface area contributed by atoms with Crippen LogP contribution in [0.15, 0.2) is 41.6 Å². The minimum atomic E-state index is -0.528. The molecule has 3 aromatic heterocycles. The Hall–Kier alpha value is -3.75. The number of fused-ring (bicyclic) bond motifs is 2. The normalized spacial score (nSPS) is 19.1. The zero-order valence-electron chi connectivity index (χ0n) is 22.0. The van der Waals surface area contributed by atoms with Gasteiger partial charge in [0.1, 0.15) is 5.60 Å². The SMILES string of the molecule is Cc1cn2nc(-c3ccc4c(=O)n(C5CCN(C(=O)OC(C)(C)C)C6(CC6)C5)cnc4c3)cc(C)c2n1. The Balaban J connectivity index is 1.28. The lowest BCUT2D eigenvalue weighted by molar-refractivity contribution is 0.000453. The van der Waals surface area contributed by atoms with Gasteiger partial charge in [-0.15, -0.1) is 0 Å². The van der Waals surface area contributed by atoms with Gasteiger partial charge in [-0.3, -0.25) is 9.36 Å². The van der Waals surface area contributed by atoms with Crippen molar-refractivity contribution in [1.29, 1.82) is 0 Å². The number of hydrogen-bond acceptors (Lipinski definition) is 6. The van der Waals surface area contributed by atoms with Gasteiger partial charge >= 0.3 is 6.09 Å². The number of benzene rings is 1. The summed E-state index contributed by atoms with van der Waals surface area (Å²) < 4.78 is 9.21. The lowest BCUT2D eigenvalue weighted by Crippen LogP contribution is -2.50. The van der Waals surface area contributed by atoms with Gasteiger partial charge < -0.3 is 9.64 Å². The van der Waals surface area contributed by atoms with Gasteiger partial charge in [0.15, 0.2) is 5.65 Å². The maximum absolute atomic E-state index is 13.5. The van der Waals surface area contributed by atoms with Gasteiger partial charge in [-0.2, -0.15) is 5.10 Å². The molecule has 192 valence electrons. The summed E-state index contributed by atoms with van der Waals surface area (Å²) >= 11 is 0. The van der Waals surface area contributed by atoms with Crippen LogP contribution in [0, 0.1) is 13.8 Å². The summed E-state index contributed by atoms with van der Waals surface area (Å²) in [6, 6.07) is 7.71. The third kappa shape index (κ3) is 4.16. The molecule has 1 saturated heterocycles. The van der Waals surface area contributed by atoms with Crippen molar-refractivity contribution in [3.63, 3.8) is 0 Å². The molecule has 6 rings (SSSR count). The molecule has 1 aliphatic heterocycles. The summed E-state index contributed by atoms with van der Waals surface area (Å²) in [6.07, 6.45) is 6.63. The summed E-state index contributed by atoms with van der Waals surface area (Å²) in [5.74, 6) is 0. The lowest BCUT2D eigenvalue weighted by Gasteiger charge is -2.41. The standard InChI is InChI=1S/C28H32N6O3/c1-17-12-22(31-34-15-18(2)30-24(17)34)19-6-7-21-23(13-19)29-16-32(25(21)35)20-8-11-33(28(14-20)9-10-28)26(36)37-27(3,4)5/h6-7,12-13,15-16,20H,8-11,14H2,1-5H3. The van der Waals surface area contributed by atoms with Crippen LogP contribution in [0.1, 0.15) is 63.8 Å². The second-order valence-electron chi connectivity index (χ2n) is 11.6.